The highest BCUT2D eigenvalue weighted by Gasteiger charge is 2.30. The molecule has 0 atom stereocenters. The Balaban J connectivity index is 1.73. The summed E-state index contributed by atoms with van der Waals surface area (Å²) in [6.45, 7) is 3.59. The number of fused-ring (bicyclic) bond motifs is 1. The van der Waals surface area contributed by atoms with E-state index in [1.807, 2.05) is 6.92 Å². The van der Waals surface area contributed by atoms with Crippen LogP contribution < -0.4 is 0 Å². The molecule has 11 heteroatoms. The zero-order valence-corrected chi connectivity index (χ0v) is 19.2. The van der Waals surface area contributed by atoms with Gasteiger partial charge in [-0.05, 0) is 48.9 Å². The van der Waals surface area contributed by atoms with Gasteiger partial charge in [-0.2, -0.15) is 17.5 Å². The Morgan fingerprint density at radius 3 is 2.58 bits per heavy atom. The number of nitrogens with zero attached hydrogens (tertiary/aromatic N) is 3. The molecular weight excluding hydrogens is 479 g/mol. The summed E-state index contributed by atoms with van der Waals surface area (Å²) in [5.41, 5.74) is 0.601. The molecule has 0 bridgehead atoms. The monoisotopic (exact) mass is 499 g/mol. The van der Waals surface area contributed by atoms with Crippen LogP contribution in [0.1, 0.15) is 23.9 Å². The minimum atomic E-state index is -4.46. The number of halogens is 4. The number of rotatable bonds is 5. The molecule has 1 saturated heterocycles. The number of sulfonamides is 1. The van der Waals surface area contributed by atoms with Crippen LogP contribution >= 0.6 is 11.6 Å². The van der Waals surface area contributed by atoms with Crippen molar-refractivity contribution in [1.82, 2.24) is 13.9 Å². The van der Waals surface area contributed by atoms with Crippen LogP contribution in [0, 0.1) is 0 Å². The lowest BCUT2D eigenvalue weighted by Crippen LogP contribution is -2.40. The van der Waals surface area contributed by atoms with Gasteiger partial charge in [-0.15, -0.1) is 0 Å². The summed E-state index contributed by atoms with van der Waals surface area (Å²) in [6, 6.07) is 9.50. The fourth-order valence-corrected chi connectivity index (χ4v) is 5.42. The van der Waals surface area contributed by atoms with Gasteiger partial charge in [-0.25, -0.2) is 13.4 Å². The molecule has 0 unspecified atom stereocenters. The highest BCUT2D eigenvalue weighted by Crippen LogP contribution is 2.32. The van der Waals surface area contributed by atoms with Crippen molar-refractivity contribution in [2.45, 2.75) is 24.5 Å². The van der Waals surface area contributed by atoms with Crippen LogP contribution in [-0.2, 0) is 27.5 Å². The molecular formula is C22H21ClF3N3O3S. The minimum absolute atomic E-state index is 0.113. The zero-order chi connectivity index (χ0) is 23.8. The molecule has 4 rings (SSSR count). The molecule has 2 heterocycles. The summed E-state index contributed by atoms with van der Waals surface area (Å²) in [4.78, 5) is 4.62. The number of aromatic nitrogens is 2. The predicted molar refractivity (Wildman–Crippen MR) is 120 cm³/mol. The van der Waals surface area contributed by atoms with Crippen molar-refractivity contribution >= 4 is 43.8 Å². The van der Waals surface area contributed by atoms with E-state index in [0.29, 0.717) is 36.6 Å². The van der Waals surface area contributed by atoms with Gasteiger partial charge in [-0.1, -0.05) is 23.7 Å². The summed E-state index contributed by atoms with van der Waals surface area (Å²) in [5.74, 6) is 0.340. The second kappa shape index (κ2) is 9.09. The topological polar surface area (TPSA) is 64.4 Å². The molecule has 1 fully saturated rings. The average Bonchev–Trinajstić information content (AvgIpc) is 3.17. The number of aryl methyl sites for hydroxylation is 1. The zero-order valence-electron chi connectivity index (χ0n) is 17.6. The first-order valence-corrected chi connectivity index (χ1v) is 12.1. The standard InChI is InChI=1S/C22H21ClF3N3O3S/c1-2-29-20-7-6-17(33(30,31)28-8-10-32-11-9-28)14-19(20)27-21(29)18(23)13-15-4-3-5-16(12-15)22(24,25)26/h3-7,12-14H,2,8-11H2,1H3. The smallest absolute Gasteiger partial charge is 0.379 e. The lowest BCUT2D eigenvalue weighted by Gasteiger charge is -2.26. The molecule has 0 N–H and O–H groups in total. The Labute approximate surface area is 194 Å². The van der Waals surface area contributed by atoms with Gasteiger partial charge in [0.1, 0.15) is 0 Å². The van der Waals surface area contributed by atoms with E-state index in [4.69, 9.17) is 16.3 Å². The molecule has 1 aromatic heterocycles. The van der Waals surface area contributed by atoms with Crippen molar-refractivity contribution in [3.8, 4) is 0 Å². The molecule has 2 aromatic carbocycles. The first kappa shape index (κ1) is 23.7. The molecule has 0 saturated carbocycles. The normalized spacial score (nSPS) is 16.5. The third-order valence-electron chi connectivity index (χ3n) is 5.36. The number of benzene rings is 2. The lowest BCUT2D eigenvalue weighted by molar-refractivity contribution is -0.137. The van der Waals surface area contributed by atoms with Crippen LogP contribution in [0.5, 0.6) is 0 Å². The average molecular weight is 500 g/mol. The molecule has 1 aliphatic rings. The third-order valence-corrected chi connectivity index (χ3v) is 7.54. The lowest BCUT2D eigenvalue weighted by atomic mass is 10.1. The molecule has 176 valence electrons. The largest absolute Gasteiger partial charge is 0.416 e. The number of hydrogen-bond donors (Lipinski definition) is 0. The summed E-state index contributed by atoms with van der Waals surface area (Å²) >= 11 is 6.47. The number of morpholine rings is 1. The van der Waals surface area contributed by atoms with Gasteiger partial charge in [0.15, 0.2) is 5.82 Å². The first-order chi connectivity index (χ1) is 15.6. The summed E-state index contributed by atoms with van der Waals surface area (Å²) < 4.78 is 73.4. The van der Waals surface area contributed by atoms with E-state index in [1.54, 1.807) is 10.6 Å². The fourth-order valence-electron chi connectivity index (χ4n) is 3.72. The van der Waals surface area contributed by atoms with Crippen LogP contribution in [0.2, 0.25) is 0 Å². The Morgan fingerprint density at radius 1 is 1.18 bits per heavy atom. The number of ether oxygens (including phenoxy) is 1. The SMILES string of the molecule is CCn1c(C(Cl)=Cc2cccc(C(F)(F)F)c2)nc2cc(S(=O)(=O)N3CCOCC3)ccc21. The van der Waals surface area contributed by atoms with E-state index in [-0.39, 0.29) is 28.6 Å². The van der Waals surface area contributed by atoms with Gasteiger partial charge in [0, 0.05) is 19.6 Å². The Bertz CT molecular complexity index is 1310. The van der Waals surface area contributed by atoms with Crippen molar-refractivity contribution in [2.75, 3.05) is 26.3 Å². The third kappa shape index (κ3) is 4.79. The van der Waals surface area contributed by atoms with Gasteiger partial charge in [0.25, 0.3) is 0 Å². The van der Waals surface area contributed by atoms with Crippen LogP contribution in [0.3, 0.4) is 0 Å². The Kier molecular flexibility index (Phi) is 6.54. The van der Waals surface area contributed by atoms with Crippen molar-refractivity contribution in [1.29, 1.82) is 0 Å². The van der Waals surface area contributed by atoms with E-state index < -0.39 is 21.8 Å². The molecule has 0 spiro atoms. The highest BCUT2D eigenvalue weighted by atomic mass is 35.5. The first-order valence-electron chi connectivity index (χ1n) is 10.2. The van der Waals surface area contributed by atoms with Crippen LogP contribution in [0.25, 0.3) is 22.1 Å². The van der Waals surface area contributed by atoms with Gasteiger partial charge in [0.2, 0.25) is 10.0 Å². The molecule has 0 amide bonds. The maximum Gasteiger partial charge on any atom is 0.416 e. The second-order valence-corrected chi connectivity index (χ2v) is 9.81. The second-order valence-electron chi connectivity index (χ2n) is 7.46. The van der Waals surface area contributed by atoms with Gasteiger partial charge in [0.05, 0.1) is 39.7 Å². The van der Waals surface area contributed by atoms with Crippen LogP contribution in [0.4, 0.5) is 13.2 Å². The van der Waals surface area contributed by atoms with Gasteiger partial charge < -0.3 is 9.30 Å². The van der Waals surface area contributed by atoms with E-state index in [2.05, 4.69) is 4.98 Å². The summed E-state index contributed by atoms with van der Waals surface area (Å²) in [7, 11) is -3.70. The number of hydrogen-bond acceptors (Lipinski definition) is 4. The molecule has 33 heavy (non-hydrogen) atoms. The van der Waals surface area contributed by atoms with Crippen molar-refractivity contribution in [3.05, 3.63) is 59.4 Å². The van der Waals surface area contributed by atoms with Gasteiger partial charge >= 0.3 is 6.18 Å². The maximum atomic E-state index is 13.0. The summed E-state index contributed by atoms with van der Waals surface area (Å²) in [5, 5.41) is 0.143. The minimum Gasteiger partial charge on any atom is -0.379 e. The number of alkyl halides is 3. The quantitative estimate of drug-likeness (QED) is 0.504. The fraction of sp³-hybridized carbons (Fsp3) is 0.318. The van der Waals surface area contributed by atoms with Crippen molar-refractivity contribution in [2.24, 2.45) is 0 Å². The molecule has 6 nitrogen and oxygen atoms in total. The van der Waals surface area contributed by atoms with Crippen molar-refractivity contribution in [3.63, 3.8) is 0 Å². The Hall–Kier alpha value is -2.40. The van der Waals surface area contributed by atoms with E-state index >= 15 is 0 Å². The molecule has 1 aliphatic heterocycles. The maximum absolute atomic E-state index is 13.0. The van der Waals surface area contributed by atoms with Crippen LogP contribution in [0.15, 0.2) is 47.4 Å². The number of imidazole rings is 1. The van der Waals surface area contributed by atoms with Crippen molar-refractivity contribution < 1.29 is 26.3 Å². The van der Waals surface area contributed by atoms with Gasteiger partial charge in [-0.3, -0.25) is 0 Å². The van der Waals surface area contributed by atoms with E-state index in [1.165, 1.54) is 34.6 Å². The molecule has 3 aromatic rings. The summed E-state index contributed by atoms with van der Waals surface area (Å²) in [6.07, 6.45) is -3.05. The predicted octanol–water partition coefficient (Wildman–Crippen LogP) is 4.83. The highest BCUT2D eigenvalue weighted by molar-refractivity contribution is 7.89. The van der Waals surface area contributed by atoms with E-state index in [9.17, 15) is 21.6 Å². The van der Waals surface area contributed by atoms with E-state index in [0.717, 1.165) is 12.1 Å². The Morgan fingerprint density at radius 2 is 1.91 bits per heavy atom. The van der Waals surface area contributed by atoms with Crippen LogP contribution in [-0.4, -0.2) is 48.6 Å². The molecule has 0 radical (unpaired) electrons. The molecule has 0 aliphatic carbocycles.